The Morgan fingerprint density at radius 1 is 1.90 bits per heavy atom. The summed E-state index contributed by atoms with van der Waals surface area (Å²) in [6, 6.07) is 0. The third-order valence-electron chi connectivity index (χ3n) is 0.850. The Bertz CT molecular complexity index is 206. The zero-order valence-electron chi connectivity index (χ0n) is 5.50. The molecular weight excluding hydrogens is 132 g/mol. The van der Waals surface area contributed by atoms with Gasteiger partial charge in [0, 0.05) is 6.92 Å². The summed E-state index contributed by atoms with van der Waals surface area (Å²) in [4.78, 5) is 14.1. The predicted octanol–water partition coefficient (Wildman–Crippen LogP) is 0.321. The molecule has 4 nitrogen and oxygen atoms in total. The highest BCUT2D eigenvalue weighted by atomic mass is 16.3. The van der Waals surface area contributed by atoms with Gasteiger partial charge in [-0.1, -0.05) is 0 Å². The molecule has 0 saturated carbocycles. The minimum atomic E-state index is -0.141. The number of nitrogens with zero attached hydrogens (tertiary/aromatic N) is 1. The number of hydrogen-bond donors (Lipinski definition) is 1. The molecule has 1 heterocycles. The van der Waals surface area contributed by atoms with Crippen LogP contribution in [0.15, 0.2) is 16.9 Å². The van der Waals surface area contributed by atoms with Crippen LogP contribution in [-0.2, 0) is 4.79 Å². The highest BCUT2D eigenvalue weighted by Crippen LogP contribution is 1.93. The molecule has 10 heavy (non-hydrogen) atoms. The second-order valence-electron chi connectivity index (χ2n) is 1.72. The van der Waals surface area contributed by atoms with Crippen molar-refractivity contribution in [2.45, 2.75) is 6.92 Å². The number of carbonyl (C=O) groups excluding carboxylic acids is 1. The molecule has 0 aliphatic carbocycles. The van der Waals surface area contributed by atoms with Gasteiger partial charge in [-0.25, -0.2) is 4.98 Å². The average molecular weight is 139 g/mol. The van der Waals surface area contributed by atoms with Gasteiger partial charge < -0.3 is 9.73 Å². The van der Waals surface area contributed by atoms with Crippen molar-refractivity contribution in [2.24, 2.45) is 0 Å². The van der Waals surface area contributed by atoms with Gasteiger partial charge >= 0.3 is 0 Å². The minimum Gasteiger partial charge on any atom is -0.447 e. The number of hydrogen-bond acceptors (Lipinski definition) is 3. The zero-order valence-corrected chi connectivity index (χ0v) is 5.50. The number of nitrogens with one attached hydrogen (secondary N) is 1. The molecule has 1 radical (unpaired) electrons. The predicted molar refractivity (Wildman–Crippen MR) is 33.7 cm³/mol. The third-order valence-corrected chi connectivity index (χ3v) is 0.850. The summed E-state index contributed by atoms with van der Waals surface area (Å²) in [6.07, 6.45) is 2.95. The first-order chi connectivity index (χ1) is 4.79. The fourth-order valence-corrected chi connectivity index (χ4v) is 0.469. The van der Waals surface area contributed by atoms with Gasteiger partial charge in [0.25, 0.3) is 0 Å². The maximum absolute atomic E-state index is 10.3. The van der Waals surface area contributed by atoms with Crippen LogP contribution in [0, 0.1) is 6.54 Å². The van der Waals surface area contributed by atoms with Gasteiger partial charge in [0.05, 0.1) is 6.20 Å². The second-order valence-corrected chi connectivity index (χ2v) is 1.72. The Balaban J connectivity index is 2.35. The Kier molecular flexibility index (Phi) is 2.04. The van der Waals surface area contributed by atoms with Gasteiger partial charge in [-0.3, -0.25) is 4.79 Å². The summed E-state index contributed by atoms with van der Waals surface area (Å²) in [5.74, 6) is 0.258. The van der Waals surface area contributed by atoms with Crippen LogP contribution in [0.3, 0.4) is 0 Å². The van der Waals surface area contributed by atoms with Crippen molar-refractivity contribution in [1.29, 1.82) is 0 Å². The maximum atomic E-state index is 10.3. The molecule has 0 fully saturated rings. The molecule has 1 N–H and O–H groups in total. The van der Waals surface area contributed by atoms with Crippen molar-refractivity contribution in [3.8, 4) is 0 Å². The van der Waals surface area contributed by atoms with Gasteiger partial charge in [0.1, 0.15) is 12.8 Å². The lowest BCUT2D eigenvalue weighted by Crippen LogP contribution is -2.16. The lowest BCUT2D eigenvalue weighted by Gasteiger charge is -1.93. The lowest BCUT2D eigenvalue weighted by molar-refractivity contribution is -0.118. The Hall–Kier alpha value is -1.32. The second kappa shape index (κ2) is 3.00. The lowest BCUT2D eigenvalue weighted by atomic mass is 10.6. The first-order valence-electron chi connectivity index (χ1n) is 2.79. The Morgan fingerprint density at radius 2 is 2.70 bits per heavy atom. The van der Waals surface area contributed by atoms with Crippen molar-refractivity contribution < 1.29 is 9.21 Å². The molecule has 1 aromatic rings. The highest BCUT2D eigenvalue weighted by Gasteiger charge is 1.97. The van der Waals surface area contributed by atoms with E-state index in [9.17, 15) is 4.79 Å². The van der Waals surface area contributed by atoms with E-state index in [-0.39, 0.29) is 5.91 Å². The molecule has 0 aliphatic rings. The van der Waals surface area contributed by atoms with Gasteiger partial charge in [-0.2, -0.15) is 0 Å². The van der Waals surface area contributed by atoms with Gasteiger partial charge in [0.15, 0.2) is 0 Å². The summed E-state index contributed by atoms with van der Waals surface area (Å²) in [6.45, 7) is 2.82. The Morgan fingerprint density at radius 3 is 3.20 bits per heavy atom. The van der Waals surface area contributed by atoms with E-state index in [0.717, 1.165) is 0 Å². The van der Waals surface area contributed by atoms with Gasteiger partial charge in [-0.15, -0.1) is 0 Å². The summed E-state index contributed by atoms with van der Waals surface area (Å²) in [5.41, 5.74) is 0. The smallest absolute Gasteiger partial charge is 0.219 e. The molecule has 1 aromatic heterocycles. The van der Waals surface area contributed by atoms with Crippen molar-refractivity contribution in [2.75, 3.05) is 0 Å². The van der Waals surface area contributed by atoms with Crippen LogP contribution in [0.25, 0.3) is 0 Å². The summed E-state index contributed by atoms with van der Waals surface area (Å²) < 4.78 is 4.80. The molecule has 0 unspecified atom stereocenters. The Labute approximate surface area is 58.3 Å². The fourth-order valence-electron chi connectivity index (χ4n) is 0.469. The molecule has 4 heteroatoms. The summed E-state index contributed by atoms with van der Waals surface area (Å²) >= 11 is 0. The van der Waals surface area contributed by atoms with E-state index in [1.807, 2.05) is 0 Å². The minimum absolute atomic E-state index is 0.141. The van der Waals surface area contributed by atoms with Crippen LogP contribution in [0.4, 0.5) is 0 Å². The van der Waals surface area contributed by atoms with Gasteiger partial charge in [0.2, 0.25) is 11.8 Å². The molecule has 0 aliphatic heterocycles. The van der Waals surface area contributed by atoms with Gasteiger partial charge in [-0.05, 0) is 0 Å². The third kappa shape index (κ3) is 1.89. The van der Waals surface area contributed by atoms with Crippen LogP contribution in [0.5, 0.6) is 0 Å². The van der Waals surface area contributed by atoms with Crippen LogP contribution in [0.2, 0.25) is 0 Å². The molecule has 0 bridgehead atoms. The van der Waals surface area contributed by atoms with E-state index in [0.29, 0.717) is 5.89 Å². The molecule has 1 amide bonds. The van der Waals surface area contributed by atoms with Crippen molar-refractivity contribution >= 4 is 5.91 Å². The van der Waals surface area contributed by atoms with Crippen molar-refractivity contribution in [1.82, 2.24) is 10.3 Å². The molecular formula is C6H7N2O2. The van der Waals surface area contributed by atoms with E-state index in [2.05, 4.69) is 10.3 Å². The normalized spacial score (nSPS) is 9.30. The van der Waals surface area contributed by atoms with Crippen LogP contribution in [0.1, 0.15) is 12.8 Å². The number of amides is 1. The van der Waals surface area contributed by atoms with E-state index < -0.39 is 0 Å². The summed E-state index contributed by atoms with van der Waals surface area (Å²) in [7, 11) is 0. The number of oxazole rings is 1. The monoisotopic (exact) mass is 139 g/mol. The maximum Gasteiger partial charge on any atom is 0.219 e. The van der Waals surface area contributed by atoms with Crippen LogP contribution < -0.4 is 5.32 Å². The first kappa shape index (κ1) is 6.80. The van der Waals surface area contributed by atoms with Crippen LogP contribution in [-0.4, -0.2) is 10.9 Å². The van der Waals surface area contributed by atoms with Crippen molar-refractivity contribution in [3.63, 3.8) is 0 Å². The first-order valence-corrected chi connectivity index (χ1v) is 2.79. The highest BCUT2D eigenvalue weighted by molar-refractivity contribution is 5.73. The number of rotatable bonds is 2. The molecule has 53 valence electrons. The largest absolute Gasteiger partial charge is 0.447 e. The molecule has 0 atom stereocenters. The van der Waals surface area contributed by atoms with E-state index in [1.165, 1.54) is 25.9 Å². The SMILES string of the molecule is CC(=O)N[CH]c1ncco1. The van der Waals surface area contributed by atoms with E-state index >= 15 is 0 Å². The standard InChI is InChI=1S/C6H7N2O2/c1-5(9)8-4-6-7-2-3-10-6/h2-4H,1H3,(H,8,9). The fraction of sp³-hybridized carbons (Fsp3) is 0.167. The van der Waals surface area contributed by atoms with Crippen molar-refractivity contribution in [3.05, 3.63) is 24.9 Å². The molecule has 1 rings (SSSR count). The van der Waals surface area contributed by atoms with Crippen LogP contribution >= 0.6 is 0 Å². The van der Waals surface area contributed by atoms with E-state index in [1.54, 1.807) is 0 Å². The molecule has 0 aromatic carbocycles. The zero-order chi connectivity index (χ0) is 7.40. The topological polar surface area (TPSA) is 55.1 Å². The number of aromatic nitrogens is 1. The quantitative estimate of drug-likeness (QED) is 0.642. The van der Waals surface area contributed by atoms with E-state index in [4.69, 9.17) is 4.42 Å². The molecule has 0 spiro atoms. The number of carbonyl (C=O) groups is 1. The summed E-state index contributed by atoms with van der Waals surface area (Å²) in [5, 5.41) is 2.43. The molecule has 0 saturated heterocycles. The average Bonchev–Trinajstić information content (AvgIpc) is 2.34.